The second kappa shape index (κ2) is 12.5. The van der Waals surface area contributed by atoms with Crippen LogP contribution in [0.15, 0.2) is 146 Å². The summed E-state index contributed by atoms with van der Waals surface area (Å²) in [6.07, 6.45) is -14.4. The minimum atomic E-state index is -5.02. The smallest absolute Gasteiger partial charge is 0.309 e. The lowest BCUT2D eigenvalue weighted by molar-refractivity contribution is -0.138. The Bertz CT molecular complexity index is 2990. The lowest BCUT2D eigenvalue weighted by Gasteiger charge is -2.22. The quantitative estimate of drug-likeness (QED) is 0.164. The van der Waals surface area contributed by atoms with E-state index in [0.717, 1.165) is 42.0 Å². The van der Waals surface area contributed by atoms with Crippen molar-refractivity contribution in [2.45, 2.75) is 18.5 Å². The third-order valence-corrected chi connectivity index (χ3v) is 10.00. The zero-order valence-electron chi connectivity index (χ0n) is 28.6. The van der Waals surface area contributed by atoms with Crippen LogP contribution in [0.1, 0.15) is 16.7 Å². The summed E-state index contributed by atoms with van der Waals surface area (Å²) in [5.74, 6) is 0. The van der Waals surface area contributed by atoms with Gasteiger partial charge in [0, 0.05) is 32.7 Å². The number of halogens is 9. The molecule has 278 valence electrons. The highest BCUT2D eigenvalue weighted by Crippen LogP contribution is 2.46. The molecule has 3 heterocycles. The highest BCUT2D eigenvalue weighted by Gasteiger charge is 2.38. The Morgan fingerprint density at radius 1 is 0.375 bits per heavy atom. The van der Waals surface area contributed by atoms with E-state index < -0.39 is 35.2 Å². The summed E-state index contributed by atoms with van der Waals surface area (Å²) in [7, 11) is 0. The zero-order chi connectivity index (χ0) is 39.1. The molecule has 12 heteroatoms. The third kappa shape index (κ3) is 5.75. The van der Waals surface area contributed by atoms with Gasteiger partial charge in [0.25, 0.3) is 0 Å². The summed E-state index contributed by atoms with van der Waals surface area (Å²) < 4.78 is 133. The summed E-state index contributed by atoms with van der Waals surface area (Å²) in [6.45, 7) is 0. The predicted molar refractivity (Wildman–Crippen MR) is 199 cm³/mol. The minimum absolute atomic E-state index is 0.0233. The zero-order valence-corrected chi connectivity index (χ0v) is 28.6. The monoisotopic (exact) mass is 765 g/mol. The molecule has 0 aliphatic heterocycles. The number of aromatic nitrogens is 3. The molecule has 56 heavy (non-hydrogen) atoms. The number of rotatable bonds is 4. The van der Waals surface area contributed by atoms with E-state index in [1.54, 1.807) is 60.7 Å². The largest absolute Gasteiger partial charge is 0.418 e. The van der Waals surface area contributed by atoms with Crippen LogP contribution >= 0.6 is 0 Å². The van der Waals surface area contributed by atoms with Gasteiger partial charge in [-0.05, 0) is 72.8 Å². The molecule has 0 amide bonds. The Kier molecular flexibility index (Phi) is 7.84. The van der Waals surface area contributed by atoms with E-state index in [4.69, 9.17) is 4.98 Å². The van der Waals surface area contributed by atoms with Crippen molar-refractivity contribution in [1.82, 2.24) is 14.1 Å². The van der Waals surface area contributed by atoms with E-state index in [0.29, 0.717) is 22.0 Å². The molecule has 9 aromatic rings. The Labute approximate surface area is 311 Å². The molecular weight excluding hydrogens is 741 g/mol. The highest BCUT2D eigenvalue weighted by molar-refractivity contribution is 6.11. The fourth-order valence-corrected chi connectivity index (χ4v) is 7.55. The van der Waals surface area contributed by atoms with Gasteiger partial charge in [-0.1, -0.05) is 72.8 Å². The van der Waals surface area contributed by atoms with Crippen molar-refractivity contribution in [2.24, 2.45) is 0 Å². The van der Waals surface area contributed by atoms with Crippen molar-refractivity contribution in [3.8, 4) is 33.9 Å². The number of alkyl halides is 9. The average Bonchev–Trinajstić information content (AvgIpc) is 3.69. The highest BCUT2D eigenvalue weighted by atomic mass is 19.4. The Hall–Kier alpha value is -6.56. The van der Waals surface area contributed by atoms with Crippen molar-refractivity contribution in [3.05, 3.63) is 162 Å². The first-order valence-electron chi connectivity index (χ1n) is 17.2. The van der Waals surface area contributed by atoms with Gasteiger partial charge in [-0.3, -0.25) is 0 Å². The molecule has 0 unspecified atom stereocenters. The molecule has 3 nitrogen and oxygen atoms in total. The van der Waals surface area contributed by atoms with E-state index in [9.17, 15) is 26.3 Å². The maximum atomic E-state index is 15.6. The minimum Gasteiger partial charge on any atom is -0.309 e. The first kappa shape index (κ1) is 35.2. The molecule has 0 aliphatic rings. The van der Waals surface area contributed by atoms with E-state index >= 15 is 13.2 Å². The fraction of sp³-hybridized carbons (Fsp3) is 0.0682. The normalized spacial score (nSPS) is 12.7. The number of para-hydroxylation sites is 2. The number of fused-ring (bicyclic) bond motifs is 6. The van der Waals surface area contributed by atoms with Gasteiger partial charge in [0.1, 0.15) is 0 Å². The third-order valence-electron chi connectivity index (χ3n) is 10.00. The Morgan fingerprint density at radius 3 is 1.39 bits per heavy atom. The van der Waals surface area contributed by atoms with E-state index in [-0.39, 0.29) is 50.0 Å². The Morgan fingerprint density at radius 2 is 0.857 bits per heavy atom. The molecule has 0 saturated carbocycles. The molecule has 0 radical (unpaired) electrons. The lowest BCUT2D eigenvalue weighted by Crippen LogP contribution is -2.13. The molecule has 9 rings (SSSR count). The van der Waals surface area contributed by atoms with Gasteiger partial charge < -0.3 is 9.13 Å². The Balaban J connectivity index is 1.43. The van der Waals surface area contributed by atoms with Crippen molar-refractivity contribution in [1.29, 1.82) is 0 Å². The van der Waals surface area contributed by atoms with Gasteiger partial charge in [-0.25, -0.2) is 4.98 Å². The SMILES string of the molecule is FC(F)(F)c1ccc2c(c1)c1ccccc1n2-c1cc(C(F)(F)F)c(-n2c3ccccc3c3cc(C(F)(F)F)ccc32)cc1-c1cccc(-c2ccccc2)n1. The molecular formula is C44H24F9N3. The van der Waals surface area contributed by atoms with Crippen molar-refractivity contribution >= 4 is 43.6 Å². The molecule has 0 bridgehead atoms. The topological polar surface area (TPSA) is 22.8 Å². The van der Waals surface area contributed by atoms with E-state index in [1.807, 2.05) is 30.3 Å². The van der Waals surface area contributed by atoms with Crippen LogP contribution < -0.4 is 0 Å². The van der Waals surface area contributed by atoms with Gasteiger partial charge in [0.05, 0.1) is 61.5 Å². The van der Waals surface area contributed by atoms with E-state index in [2.05, 4.69) is 0 Å². The number of pyridine rings is 1. The van der Waals surface area contributed by atoms with Crippen LogP contribution in [-0.2, 0) is 18.5 Å². The maximum Gasteiger partial charge on any atom is 0.418 e. The molecule has 0 spiro atoms. The van der Waals surface area contributed by atoms with Crippen molar-refractivity contribution in [3.63, 3.8) is 0 Å². The van der Waals surface area contributed by atoms with Gasteiger partial charge in [-0.15, -0.1) is 0 Å². The molecule has 0 saturated heterocycles. The molecule has 0 fully saturated rings. The van der Waals surface area contributed by atoms with Gasteiger partial charge >= 0.3 is 18.5 Å². The molecule has 0 N–H and O–H groups in total. The summed E-state index contributed by atoms with van der Waals surface area (Å²) in [5, 5.41) is 0.958. The predicted octanol–water partition coefficient (Wildman–Crippen LogP) is 13.7. The van der Waals surface area contributed by atoms with Gasteiger partial charge in [0.2, 0.25) is 0 Å². The fourth-order valence-electron chi connectivity index (χ4n) is 7.55. The van der Waals surface area contributed by atoms with Gasteiger partial charge in [0.15, 0.2) is 0 Å². The molecule has 6 aromatic carbocycles. The molecule has 3 aromatic heterocycles. The van der Waals surface area contributed by atoms with Crippen LogP contribution in [0.25, 0.3) is 77.5 Å². The second-order valence-electron chi connectivity index (χ2n) is 13.3. The van der Waals surface area contributed by atoms with Crippen LogP contribution in [0.3, 0.4) is 0 Å². The van der Waals surface area contributed by atoms with Gasteiger partial charge in [-0.2, -0.15) is 39.5 Å². The maximum absolute atomic E-state index is 15.6. The van der Waals surface area contributed by atoms with E-state index in [1.165, 1.54) is 27.3 Å². The van der Waals surface area contributed by atoms with Crippen LogP contribution in [-0.4, -0.2) is 14.1 Å². The average molecular weight is 766 g/mol. The molecule has 0 atom stereocenters. The summed E-state index contributed by atoms with van der Waals surface area (Å²) in [4.78, 5) is 4.89. The first-order chi connectivity index (χ1) is 26.7. The number of hydrogen-bond donors (Lipinski definition) is 0. The number of hydrogen-bond acceptors (Lipinski definition) is 1. The van der Waals surface area contributed by atoms with Crippen LogP contribution in [0.5, 0.6) is 0 Å². The first-order valence-corrected chi connectivity index (χ1v) is 17.2. The standard InChI is InChI=1S/C44H24F9N3/c45-42(46,47)26-17-19-38-30(21-26)28-11-4-6-15-36(28)55(38)40-24-33(44(51,52)53)41(23-32(40)35-14-8-13-34(54-35)25-9-2-1-3-10-25)56-37-16-7-5-12-29(37)31-22-27(43(48,49)50)18-20-39(31)56/h1-24H. The van der Waals surface area contributed by atoms with Crippen LogP contribution in [0.4, 0.5) is 39.5 Å². The lowest BCUT2D eigenvalue weighted by atomic mass is 10.0. The van der Waals surface area contributed by atoms with Crippen LogP contribution in [0, 0.1) is 0 Å². The number of nitrogens with zero attached hydrogens (tertiary/aromatic N) is 3. The van der Waals surface area contributed by atoms with Crippen LogP contribution in [0.2, 0.25) is 0 Å². The summed E-state index contributed by atoms with van der Waals surface area (Å²) >= 11 is 0. The number of benzene rings is 6. The molecule has 0 aliphatic carbocycles. The van der Waals surface area contributed by atoms with Crippen molar-refractivity contribution < 1.29 is 39.5 Å². The summed E-state index contributed by atoms with van der Waals surface area (Å²) in [6, 6.07) is 35.2. The second-order valence-corrected chi connectivity index (χ2v) is 13.3. The summed E-state index contributed by atoms with van der Waals surface area (Å²) in [5.41, 5.74) is -0.850. The van der Waals surface area contributed by atoms with Crippen molar-refractivity contribution in [2.75, 3.05) is 0 Å².